The number of hydrogen-bond donors (Lipinski definition) is 0. The third-order valence-electron chi connectivity index (χ3n) is 3.25. The Kier molecular flexibility index (Phi) is 1.59. The van der Waals surface area contributed by atoms with E-state index in [1.54, 1.807) is 0 Å². The largest absolute Gasteiger partial charge is 0.314 e. The fourth-order valence-electron chi connectivity index (χ4n) is 2.45. The predicted octanol–water partition coefficient (Wildman–Crippen LogP) is 3.64. The minimum absolute atomic E-state index is 1.05. The van der Waals surface area contributed by atoms with Crippen molar-refractivity contribution in [1.82, 2.24) is 9.38 Å². The molecule has 0 aliphatic carbocycles. The lowest BCUT2D eigenvalue weighted by molar-refractivity contribution is 1.26. The van der Waals surface area contributed by atoms with E-state index in [4.69, 9.17) is 0 Å². The van der Waals surface area contributed by atoms with E-state index in [1.807, 2.05) is 12.3 Å². The van der Waals surface area contributed by atoms with Gasteiger partial charge in [-0.15, -0.1) is 0 Å². The van der Waals surface area contributed by atoms with Crippen LogP contribution >= 0.6 is 0 Å². The molecular formula is C15H10N2. The first kappa shape index (κ1) is 8.76. The van der Waals surface area contributed by atoms with E-state index >= 15 is 0 Å². The molecule has 0 bridgehead atoms. The fourth-order valence-corrected chi connectivity index (χ4v) is 2.45. The number of fused-ring (bicyclic) bond motifs is 5. The van der Waals surface area contributed by atoms with Crippen LogP contribution in [0.1, 0.15) is 0 Å². The fraction of sp³-hybridized carbons (Fsp3) is 0. The van der Waals surface area contributed by atoms with Crippen LogP contribution in [0.5, 0.6) is 0 Å². The Bertz CT molecular complexity index is 843. The van der Waals surface area contributed by atoms with Crippen LogP contribution in [0, 0.1) is 0 Å². The van der Waals surface area contributed by atoms with Crippen LogP contribution in [0.4, 0.5) is 0 Å². The number of benzene rings is 1. The molecule has 4 rings (SSSR count). The van der Waals surface area contributed by atoms with Gasteiger partial charge in [0.2, 0.25) is 0 Å². The maximum absolute atomic E-state index is 4.40. The second kappa shape index (κ2) is 3.08. The molecule has 80 valence electrons. The first-order chi connectivity index (χ1) is 8.43. The highest BCUT2D eigenvalue weighted by Crippen LogP contribution is 2.25. The maximum atomic E-state index is 4.40. The molecule has 3 aromatic heterocycles. The highest BCUT2D eigenvalue weighted by molar-refractivity contribution is 6.01. The summed E-state index contributed by atoms with van der Waals surface area (Å²) in [5, 5.41) is 2.54. The normalized spacial score (nSPS) is 11.5. The average Bonchev–Trinajstić information content (AvgIpc) is 2.78. The summed E-state index contributed by atoms with van der Waals surface area (Å²) in [5.41, 5.74) is 3.42. The Balaban J connectivity index is 2.34. The van der Waals surface area contributed by atoms with Crippen molar-refractivity contribution in [2.24, 2.45) is 0 Å². The quantitative estimate of drug-likeness (QED) is 0.440. The number of aromatic nitrogens is 2. The van der Waals surface area contributed by atoms with Crippen molar-refractivity contribution in [3.05, 3.63) is 60.9 Å². The van der Waals surface area contributed by atoms with Crippen molar-refractivity contribution in [2.75, 3.05) is 0 Å². The molecule has 0 aliphatic heterocycles. The number of hydrogen-bond acceptors (Lipinski definition) is 1. The van der Waals surface area contributed by atoms with Crippen LogP contribution in [0.25, 0.3) is 27.3 Å². The first-order valence-electron chi connectivity index (χ1n) is 5.67. The molecule has 0 N–H and O–H groups in total. The van der Waals surface area contributed by atoms with Gasteiger partial charge in [-0.3, -0.25) is 4.98 Å². The van der Waals surface area contributed by atoms with E-state index in [2.05, 4.69) is 58.0 Å². The van der Waals surface area contributed by atoms with Gasteiger partial charge >= 0.3 is 0 Å². The van der Waals surface area contributed by atoms with Crippen LogP contribution in [-0.4, -0.2) is 9.38 Å². The minimum Gasteiger partial charge on any atom is -0.314 e. The summed E-state index contributed by atoms with van der Waals surface area (Å²) in [6.07, 6.45) is 3.95. The number of pyridine rings is 2. The van der Waals surface area contributed by atoms with Gasteiger partial charge in [0, 0.05) is 17.8 Å². The van der Waals surface area contributed by atoms with E-state index < -0.39 is 0 Å². The van der Waals surface area contributed by atoms with Gasteiger partial charge in [-0.2, -0.15) is 0 Å². The van der Waals surface area contributed by atoms with Gasteiger partial charge in [0.25, 0.3) is 0 Å². The number of rotatable bonds is 0. The van der Waals surface area contributed by atoms with Crippen molar-refractivity contribution in [3.8, 4) is 0 Å². The van der Waals surface area contributed by atoms with Crippen LogP contribution in [0.2, 0.25) is 0 Å². The summed E-state index contributed by atoms with van der Waals surface area (Å²) in [6.45, 7) is 0. The summed E-state index contributed by atoms with van der Waals surface area (Å²) in [5.74, 6) is 0. The summed E-state index contributed by atoms with van der Waals surface area (Å²) in [4.78, 5) is 4.40. The molecular weight excluding hydrogens is 208 g/mol. The number of nitrogens with zero attached hydrogens (tertiary/aromatic N) is 2. The lowest BCUT2D eigenvalue weighted by atomic mass is 10.1. The molecule has 0 spiro atoms. The summed E-state index contributed by atoms with van der Waals surface area (Å²) < 4.78 is 2.20. The van der Waals surface area contributed by atoms with Crippen LogP contribution < -0.4 is 0 Å². The van der Waals surface area contributed by atoms with Gasteiger partial charge in [0.05, 0.1) is 16.6 Å². The standard InChI is InChI=1S/C15H10N2/c1-2-5-12-11(4-1)7-9-17-14-6-3-8-16-13(14)10-15(12)17/h1-10H. The van der Waals surface area contributed by atoms with E-state index in [9.17, 15) is 0 Å². The zero-order valence-corrected chi connectivity index (χ0v) is 9.17. The molecule has 3 heterocycles. The van der Waals surface area contributed by atoms with Gasteiger partial charge < -0.3 is 4.40 Å². The van der Waals surface area contributed by atoms with Crippen LogP contribution in [0.15, 0.2) is 60.9 Å². The molecule has 0 atom stereocenters. The van der Waals surface area contributed by atoms with Gasteiger partial charge in [0.15, 0.2) is 0 Å². The van der Waals surface area contributed by atoms with Crippen molar-refractivity contribution in [2.45, 2.75) is 0 Å². The van der Waals surface area contributed by atoms with Crippen LogP contribution in [0.3, 0.4) is 0 Å². The lowest BCUT2D eigenvalue weighted by Crippen LogP contribution is -1.84. The molecule has 2 heteroatoms. The van der Waals surface area contributed by atoms with Crippen molar-refractivity contribution >= 4 is 27.3 Å². The van der Waals surface area contributed by atoms with Crippen molar-refractivity contribution in [3.63, 3.8) is 0 Å². The smallest absolute Gasteiger partial charge is 0.0891 e. The zero-order chi connectivity index (χ0) is 11.2. The Hall–Kier alpha value is -2.35. The monoisotopic (exact) mass is 218 g/mol. The zero-order valence-electron chi connectivity index (χ0n) is 9.17. The molecule has 0 saturated heterocycles. The van der Waals surface area contributed by atoms with Gasteiger partial charge in [-0.1, -0.05) is 24.3 Å². The Morgan fingerprint density at radius 3 is 2.82 bits per heavy atom. The summed E-state index contributed by atoms with van der Waals surface area (Å²) in [6, 6.07) is 16.8. The molecule has 0 amide bonds. The Labute approximate surface area is 98.1 Å². The average molecular weight is 218 g/mol. The highest BCUT2D eigenvalue weighted by atomic mass is 14.9. The second-order valence-corrected chi connectivity index (χ2v) is 4.21. The van der Waals surface area contributed by atoms with Crippen LogP contribution in [-0.2, 0) is 0 Å². The third-order valence-corrected chi connectivity index (χ3v) is 3.25. The molecule has 0 fully saturated rings. The molecule has 0 radical (unpaired) electrons. The molecule has 1 aromatic carbocycles. The topological polar surface area (TPSA) is 17.3 Å². The van der Waals surface area contributed by atoms with E-state index in [1.165, 1.54) is 16.3 Å². The van der Waals surface area contributed by atoms with Gasteiger partial charge in [-0.25, -0.2) is 0 Å². The molecule has 17 heavy (non-hydrogen) atoms. The lowest BCUT2D eigenvalue weighted by Gasteiger charge is -2.01. The first-order valence-corrected chi connectivity index (χ1v) is 5.67. The molecule has 0 aliphatic rings. The highest BCUT2D eigenvalue weighted by Gasteiger charge is 2.05. The SMILES string of the molecule is c1ccc2c(c1)ccn1c3cccnc3cc21. The maximum Gasteiger partial charge on any atom is 0.0891 e. The van der Waals surface area contributed by atoms with Crippen molar-refractivity contribution < 1.29 is 0 Å². The predicted molar refractivity (Wildman–Crippen MR) is 70.2 cm³/mol. The molecule has 0 saturated carbocycles. The second-order valence-electron chi connectivity index (χ2n) is 4.21. The van der Waals surface area contributed by atoms with Gasteiger partial charge in [-0.05, 0) is 29.7 Å². The molecule has 2 nitrogen and oxygen atoms in total. The van der Waals surface area contributed by atoms with Crippen molar-refractivity contribution in [1.29, 1.82) is 0 Å². The molecule has 0 unspecified atom stereocenters. The Morgan fingerprint density at radius 2 is 1.82 bits per heavy atom. The summed E-state index contributed by atoms with van der Waals surface area (Å²) in [7, 11) is 0. The van der Waals surface area contributed by atoms with E-state index in [-0.39, 0.29) is 0 Å². The molecule has 4 aromatic rings. The van der Waals surface area contributed by atoms with E-state index in [0.29, 0.717) is 0 Å². The Morgan fingerprint density at radius 1 is 0.882 bits per heavy atom. The van der Waals surface area contributed by atoms with E-state index in [0.717, 1.165) is 11.0 Å². The summed E-state index contributed by atoms with van der Waals surface area (Å²) >= 11 is 0. The minimum atomic E-state index is 1.05. The third kappa shape index (κ3) is 1.12. The van der Waals surface area contributed by atoms with Gasteiger partial charge in [0.1, 0.15) is 0 Å².